The van der Waals surface area contributed by atoms with E-state index >= 15 is 0 Å². The van der Waals surface area contributed by atoms with E-state index < -0.39 is 0 Å². The zero-order valence-corrected chi connectivity index (χ0v) is 13.0. The average Bonchev–Trinajstić information content (AvgIpc) is 2.93. The highest BCUT2D eigenvalue weighted by atomic mass is 32.1. The number of hydrogen-bond acceptors (Lipinski definition) is 6. The molecule has 0 radical (unpaired) electrons. The van der Waals surface area contributed by atoms with Crippen molar-refractivity contribution in [3.05, 3.63) is 34.3 Å². The van der Waals surface area contributed by atoms with Gasteiger partial charge in [0.15, 0.2) is 11.5 Å². The van der Waals surface area contributed by atoms with E-state index in [0.717, 1.165) is 17.1 Å². The number of benzene rings is 1. The Morgan fingerprint density at radius 1 is 1.29 bits per heavy atom. The zero-order chi connectivity index (χ0) is 15.2. The Morgan fingerprint density at radius 3 is 2.67 bits per heavy atom. The molecule has 0 saturated carbocycles. The van der Waals surface area contributed by atoms with E-state index in [1.165, 1.54) is 0 Å². The van der Waals surface area contributed by atoms with E-state index in [2.05, 4.69) is 14.9 Å². The van der Waals surface area contributed by atoms with Crippen LogP contribution in [-0.2, 0) is 6.42 Å². The van der Waals surface area contributed by atoms with Gasteiger partial charge in [-0.25, -0.2) is 0 Å². The highest BCUT2D eigenvalue weighted by Crippen LogP contribution is 2.27. The molecule has 0 aliphatic carbocycles. The molecule has 1 aromatic heterocycles. The zero-order valence-electron chi connectivity index (χ0n) is 12.2. The average molecular weight is 307 g/mol. The number of ether oxygens (including phenoxy) is 2. The molecule has 21 heavy (non-hydrogen) atoms. The van der Waals surface area contributed by atoms with Crippen molar-refractivity contribution in [2.24, 2.45) is 0 Å². The van der Waals surface area contributed by atoms with Crippen LogP contribution in [0.2, 0.25) is 0 Å². The summed E-state index contributed by atoms with van der Waals surface area (Å²) in [5.41, 5.74) is 1.72. The summed E-state index contributed by atoms with van der Waals surface area (Å²) in [6, 6.07) is 5.71. The number of aryl methyl sites for hydroxylation is 1. The van der Waals surface area contributed by atoms with Gasteiger partial charge in [-0.2, -0.15) is 0 Å². The number of carbonyl (C=O) groups is 1. The van der Waals surface area contributed by atoms with Crippen LogP contribution >= 0.6 is 11.5 Å². The Morgan fingerprint density at radius 2 is 2.05 bits per heavy atom. The highest BCUT2D eigenvalue weighted by Gasteiger charge is 2.12. The first kappa shape index (κ1) is 15.2. The Bertz CT molecular complexity index is 628. The second-order valence-electron chi connectivity index (χ2n) is 4.38. The third-order valence-electron chi connectivity index (χ3n) is 3.00. The molecule has 0 saturated heterocycles. The Balaban J connectivity index is 1.92. The van der Waals surface area contributed by atoms with Crippen LogP contribution in [-0.4, -0.2) is 36.3 Å². The minimum Gasteiger partial charge on any atom is -0.493 e. The van der Waals surface area contributed by atoms with Crippen LogP contribution in [0.3, 0.4) is 0 Å². The van der Waals surface area contributed by atoms with Crippen molar-refractivity contribution in [3.8, 4) is 11.5 Å². The lowest BCUT2D eigenvalue weighted by Gasteiger charge is -2.10. The quantitative estimate of drug-likeness (QED) is 0.881. The summed E-state index contributed by atoms with van der Waals surface area (Å²) in [6.45, 7) is 2.30. The van der Waals surface area contributed by atoms with Gasteiger partial charge in [0.05, 0.1) is 19.9 Å². The van der Waals surface area contributed by atoms with Gasteiger partial charge in [0.25, 0.3) is 5.91 Å². The van der Waals surface area contributed by atoms with Gasteiger partial charge in [-0.1, -0.05) is 10.6 Å². The molecule has 1 heterocycles. The van der Waals surface area contributed by atoms with Crippen LogP contribution in [0.1, 0.15) is 20.9 Å². The van der Waals surface area contributed by atoms with Gasteiger partial charge < -0.3 is 14.8 Å². The van der Waals surface area contributed by atoms with E-state index in [1.807, 2.05) is 18.2 Å². The maximum absolute atomic E-state index is 11.9. The van der Waals surface area contributed by atoms with Crippen molar-refractivity contribution in [2.75, 3.05) is 20.8 Å². The van der Waals surface area contributed by atoms with Crippen molar-refractivity contribution in [3.63, 3.8) is 0 Å². The Labute approximate surface area is 127 Å². The monoisotopic (exact) mass is 307 g/mol. The molecule has 112 valence electrons. The molecule has 0 spiro atoms. The molecule has 2 rings (SSSR count). The van der Waals surface area contributed by atoms with Gasteiger partial charge in [-0.05, 0) is 42.6 Å². The molecule has 0 aliphatic heterocycles. The fourth-order valence-electron chi connectivity index (χ4n) is 1.88. The summed E-state index contributed by atoms with van der Waals surface area (Å²) in [4.78, 5) is 12.5. The topological polar surface area (TPSA) is 73.3 Å². The van der Waals surface area contributed by atoms with Gasteiger partial charge in [-0.15, -0.1) is 5.10 Å². The standard InChI is InChI=1S/C14H17N3O3S/c1-9-13(21-17-16-9)14(18)15-7-6-10-4-5-11(19-2)12(8-10)20-3/h4-5,8H,6-7H2,1-3H3,(H,15,18). The first-order valence-electron chi connectivity index (χ1n) is 6.43. The number of amides is 1. The molecule has 1 aromatic carbocycles. The normalized spacial score (nSPS) is 10.2. The number of carbonyl (C=O) groups excluding carboxylic acids is 1. The SMILES string of the molecule is COc1ccc(CCNC(=O)c2snnc2C)cc1OC. The predicted molar refractivity (Wildman–Crippen MR) is 80.2 cm³/mol. The molecular formula is C14H17N3O3S. The molecule has 0 fully saturated rings. The van der Waals surface area contributed by atoms with E-state index in [4.69, 9.17) is 9.47 Å². The van der Waals surface area contributed by atoms with E-state index in [9.17, 15) is 4.79 Å². The second-order valence-corrected chi connectivity index (χ2v) is 5.14. The number of methoxy groups -OCH3 is 2. The fraction of sp³-hybridized carbons (Fsp3) is 0.357. The molecule has 0 atom stereocenters. The van der Waals surface area contributed by atoms with Gasteiger partial charge >= 0.3 is 0 Å². The minimum absolute atomic E-state index is 0.136. The predicted octanol–water partition coefficient (Wildman–Crippen LogP) is 1.84. The van der Waals surface area contributed by atoms with Gasteiger partial charge in [0, 0.05) is 6.54 Å². The van der Waals surface area contributed by atoms with Crippen molar-refractivity contribution < 1.29 is 14.3 Å². The number of rotatable bonds is 6. The molecule has 1 amide bonds. The molecular weight excluding hydrogens is 290 g/mol. The third-order valence-corrected chi connectivity index (χ3v) is 3.83. The van der Waals surface area contributed by atoms with Crippen LogP contribution in [0.4, 0.5) is 0 Å². The Hall–Kier alpha value is -2.15. The van der Waals surface area contributed by atoms with Crippen molar-refractivity contribution in [2.45, 2.75) is 13.3 Å². The summed E-state index contributed by atoms with van der Waals surface area (Å²) in [5.74, 6) is 1.24. The molecule has 6 nitrogen and oxygen atoms in total. The summed E-state index contributed by atoms with van der Waals surface area (Å²) in [6.07, 6.45) is 0.706. The van der Waals surface area contributed by atoms with Crippen LogP contribution in [0.15, 0.2) is 18.2 Å². The lowest BCUT2D eigenvalue weighted by Crippen LogP contribution is -2.25. The van der Waals surface area contributed by atoms with Crippen LogP contribution in [0.5, 0.6) is 11.5 Å². The van der Waals surface area contributed by atoms with Crippen LogP contribution in [0, 0.1) is 6.92 Å². The third kappa shape index (κ3) is 3.69. The fourth-order valence-corrected chi connectivity index (χ4v) is 2.45. The van der Waals surface area contributed by atoms with E-state index in [-0.39, 0.29) is 5.91 Å². The first-order chi connectivity index (χ1) is 10.2. The summed E-state index contributed by atoms with van der Waals surface area (Å²) in [5, 5.41) is 6.68. The Kier molecular flexibility index (Phi) is 5.10. The maximum atomic E-state index is 11.9. The number of hydrogen-bond donors (Lipinski definition) is 1. The smallest absolute Gasteiger partial charge is 0.264 e. The van der Waals surface area contributed by atoms with Crippen LogP contribution in [0.25, 0.3) is 0 Å². The summed E-state index contributed by atoms with van der Waals surface area (Å²) < 4.78 is 14.2. The molecule has 0 bridgehead atoms. The lowest BCUT2D eigenvalue weighted by atomic mass is 10.1. The number of aromatic nitrogens is 2. The molecule has 0 aliphatic rings. The number of nitrogens with one attached hydrogen (secondary N) is 1. The van der Waals surface area contributed by atoms with Gasteiger partial charge in [-0.3, -0.25) is 4.79 Å². The molecule has 7 heteroatoms. The van der Waals surface area contributed by atoms with E-state index in [0.29, 0.717) is 35.0 Å². The summed E-state index contributed by atoms with van der Waals surface area (Å²) in [7, 11) is 3.20. The minimum atomic E-state index is -0.136. The first-order valence-corrected chi connectivity index (χ1v) is 7.21. The highest BCUT2D eigenvalue weighted by molar-refractivity contribution is 7.07. The molecule has 2 aromatic rings. The van der Waals surface area contributed by atoms with Crippen molar-refractivity contribution in [1.29, 1.82) is 0 Å². The largest absolute Gasteiger partial charge is 0.493 e. The van der Waals surface area contributed by atoms with Gasteiger partial charge in [0.2, 0.25) is 0 Å². The number of nitrogens with zero attached hydrogens (tertiary/aromatic N) is 2. The lowest BCUT2D eigenvalue weighted by molar-refractivity contribution is 0.0957. The van der Waals surface area contributed by atoms with Crippen LogP contribution < -0.4 is 14.8 Å². The summed E-state index contributed by atoms with van der Waals surface area (Å²) >= 11 is 1.11. The van der Waals surface area contributed by atoms with Crippen molar-refractivity contribution in [1.82, 2.24) is 14.9 Å². The van der Waals surface area contributed by atoms with E-state index in [1.54, 1.807) is 21.1 Å². The van der Waals surface area contributed by atoms with Gasteiger partial charge in [0.1, 0.15) is 4.88 Å². The molecule has 0 unspecified atom stereocenters. The maximum Gasteiger partial charge on any atom is 0.264 e. The molecule has 1 N–H and O–H groups in total. The second kappa shape index (κ2) is 7.03. The van der Waals surface area contributed by atoms with Crippen molar-refractivity contribution >= 4 is 17.4 Å².